The molecular formula is C66H43NO2. The fourth-order valence-electron chi connectivity index (χ4n) is 12.6. The molecule has 11 aromatic carbocycles. The Morgan fingerprint density at radius 2 is 0.855 bits per heavy atom. The van der Waals surface area contributed by atoms with E-state index in [1.165, 1.54) is 44.5 Å². The van der Waals surface area contributed by atoms with Gasteiger partial charge in [0.2, 0.25) is 0 Å². The molecule has 12 aromatic rings. The highest BCUT2D eigenvalue weighted by Gasteiger charge is 2.52. The molecule has 2 aliphatic carbocycles. The molecule has 0 bridgehead atoms. The van der Waals surface area contributed by atoms with E-state index in [4.69, 9.17) is 9.15 Å². The third-order valence-corrected chi connectivity index (χ3v) is 15.7. The molecule has 1 aromatic heterocycles. The Morgan fingerprint density at radius 1 is 0.348 bits per heavy atom. The van der Waals surface area contributed by atoms with Gasteiger partial charge in [0.25, 0.3) is 0 Å². The fourth-order valence-corrected chi connectivity index (χ4v) is 12.6. The van der Waals surface area contributed by atoms with Crippen molar-refractivity contribution in [1.82, 2.24) is 0 Å². The predicted octanol–water partition coefficient (Wildman–Crippen LogP) is 17.8. The van der Waals surface area contributed by atoms with Crippen molar-refractivity contribution in [3.63, 3.8) is 0 Å². The monoisotopic (exact) mass is 881 g/mol. The molecule has 0 unspecified atom stereocenters. The molecule has 1 spiro atoms. The highest BCUT2D eigenvalue weighted by molar-refractivity contribution is 6.09. The number of ether oxygens (including phenoxy) is 1. The third-order valence-electron chi connectivity index (χ3n) is 15.7. The maximum absolute atomic E-state index is 7.30. The van der Waals surface area contributed by atoms with E-state index in [0.29, 0.717) is 0 Å². The van der Waals surface area contributed by atoms with Crippen LogP contribution in [0.4, 0.5) is 17.1 Å². The van der Waals surface area contributed by atoms with Crippen molar-refractivity contribution in [3.8, 4) is 44.9 Å². The first-order valence-corrected chi connectivity index (χ1v) is 24.0. The van der Waals surface area contributed by atoms with Crippen molar-refractivity contribution < 1.29 is 9.15 Å². The van der Waals surface area contributed by atoms with Gasteiger partial charge in [-0.3, -0.25) is 0 Å². The van der Waals surface area contributed by atoms with Crippen LogP contribution in [0, 0.1) is 0 Å². The van der Waals surface area contributed by atoms with E-state index in [1.807, 2.05) is 6.07 Å². The number of anilines is 3. The van der Waals surface area contributed by atoms with E-state index >= 15 is 0 Å². The van der Waals surface area contributed by atoms with Crippen LogP contribution in [0.25, 0.3) is 76.9 Å². The molecular weight excluding hydrogens is 839 g/mol. The molecule has 3 heteroatoms. The lowest BCUT2D eigenvalue weighted by molar-refractivity contribution is 0.447. The van der Waals surface area contributed by atoms with Crippen LogP contribution in [0.2, 0.25) is 0 Å². The van der Waals surface area contributed by atoms with Crippen LogP contribution < -0.4 is 9.64 Å². The lowest BCUT2D eigenvalue weighted by Gasteiger charge is -2.40. The van der Waals surface area contributed by atoms with Crippen LogP contribution in [0.1, 0.15) is 47.2 Å². The maximum Gasteiger partial charge on any atom is 0.143 e. The van der Waals surface area contributed by atoms with Gasteiger partial charge < -0.3 is 14.1 Å². The Labute approximate surface area is 400 Å². The molecule has 0 amide bonds. The molecule has 0 atom stereocenters. The number of rotatable bonds is 4. The van der Waals surface area contributed by atoms with Crippen LogP contribution in [-0.4, -0.2) is 0 Å². The maximum atomic E-state index is 7.30. The normalized spacial score (nSPS) is 14.3. The van der Waals surface area contributed by atoms with Gasteiger partial charge in [-0.2, -0.15) is 0 Å². The van der Waals surface area contributed by atoms with E-state index in [9.17, 15) is 0 Å². The second-order valence-corrected chi connectivity index (χ2v) is 19.5. The minimum atomic E-state index is -0.679. The van der Waals surface area contributed by atoms with Gasteiger partial charge in [0, 0.05) is 60.7 Å². The summed E-state index contributed by atoms with van der Waals surface area (Å²) in [6.07, 6.45) is 0. The molecule has 0 N–H and O–H groups in total. The van der Waals surface area contributed by atoms with Crippen molar-refractivity contribution in [1.29, 1.82) is 0 Å². The van der Waals surface area contributed by atoms with Gasteiger partial charge in [-0.15, -0.1) is 0 Å². The first-order valence-electron chi connectivity index (χ1n) is 24.0. The number of para-hydroxylation sites is 2. The number of hydrogen-bond donors (Lipinski definition) is 0. The lowest BCUT2D eigenvalue weighted by Crippen LogP contribution is -2.32. The second-order valence-electron chi connectivity index (χ2n) is 19.5. The van der Waals surface area contributed by atoms with E-state index in [0.717, 1.165) is 94.3 Å². The largest absolute Gasteiger partial charge is 0.455 e. The number of hydrogen-bond acceptors (Lipinski definition) is 3. The van der Waals surface area contributed by atoms with Crippen LogP contribution >= 0.6 is 0 Å². The Hall–Kier alpha value is -8.66. The summed E-state index contributed by atoms with van der Waals surface area (Å²) < 4.78 is 13.8. The molecule has 3 aliphatic rings. The summed E-state index contributed by atoms with van der Waals surface area (Å²) in [5, 5.41) is 6.78. The van der Waals surface area contributed by atoms with Crippen molar-refractivity contribution in [2.24, 2.45) is 0 Å². The molecule has 15 rings (SSSR count). The number of benzene rings is 11. The smallest absolute Gasteiger partial charge is 0.143 e. The van der Waals surface area contributed by atoms with Crippen molar-refractivity contribution in [2.45, 2.75) is 24.7 Å². The summed E-state index contributed by atoms with van der Waals surface area (Å²) in [7, 11) is 0. The number of fused-ring (bicyclic) bond motifs is 19. The minimum Gasteiger partial charge on any atom is -0.455 e. The van der Waals surface area contributed by atoms with Crippen molar-refractivity contribution >= 4 is 60.5 Å². The zero-order chi connectivity index (χ0) is 45.6. The highest BCUT2D eigenvalue weighted by atomic mass is 16.5. The molecule has 0 saturated heterocycles. The van der Waals surface area contributed by atoms with Gasteiger partial charge in [-0.1, -0.05) is 196 Å². The summed E-state index contributed by atoms with van der Waals surface area (Å²) in [5.41, 5.74) is 19.0. The van der Waals surface area contributed by atoms with Gasteiger partial charge in [0.1, 0.15) is 22.7 Å². The quantitative estimate of drug-likeness (QED) is 0.176. The Kier molecular flexibility index (Phi) is 7.77. The molecule has 1 aliphatic heterocycles. The van der Waals surface area contributed by atoms with E-state index in [-0.39, 0.29) is 5.41 Å². The minimum absolute atomic E-state index is 0.173. The van der Waals surface area contributed by atoms with E-state index in [2.05, 4.69) is 237 Å². The van der Waals surface area contributed by atoms with Crippen molar-refractivity contribution in [2.75, 3.05) is 4.90 Å². The molecule has 324 valence electrons. The Bertz CT molecular complexity index is 4070. The van der Waals surface area contributed by atoms with Gasteiger partial charge >= 0.3 is 0 Å². The average molecular weight is 882 g/mol. The summed E-state index contributed by atoms with van der Waals surface area (Å²) in [6, 6.07) is 82.5. The molecule has 69 heavy (non-hydrogen) atoms. The van der Waals surface area contributed by atoms with Crippen LogP contribution in [0.3, 0.4) is 0 Å². The summed E-state index contributed by atoms with van der Waals surface area (Å²) in [4.78, 5) is 2.46. The fraction of sp³-hybridized carbons (Fsp3) is 0.0606. The van der Waals surface area contributed by atoms with Crippen LogP contribution in [0.5, 0.6) is 11.5 Å². The Balaban J connectivity index is 0.981. The first-order chi connectivity index (χ1) is 34.0. The highest BCUT2D eigenvalue weighted by Crippen LogP contribution is 2.64. The lowest BCUT2D eigenvalue weighted by atomic mass is 9.65. The summed E-state index contributed by atoms with van der Waals surface area (Å²) in [5.74, 6) is 1.83. The zero-order valence-corrected chi connectivity index (χ0v) is 38.1. The predicted molar refractivity (Wildman–Crippen MR) is 284 cm³/mol. The van der Waals surface area contributed by atoms with Gasteiger partial charge in [0.05, 0.1) is 5.41 Å². The third kappa shape index (κ3) is 5.17. The molecule has 2 heterocycles. The van der Waals surface area contributed by atoms with Crippen LogP contribution in [0.15, 0.2) is 229 Å². The van der Waals surface area contributed by atoms with Gasteiger partial charge in [-0.05, 0) is 103 Å². The SMILES string of the molecule is CC1(C)c2ccccc2-c2ccc(N(c3ccc(-c4cccc5c4oc4ccccc45)cc3)c3ccc4c(c3)C3(c5ccccc5-4)c4ccc5ccccc5c4Oc4c3ccc3ccccc43)cc21. The standard InChI is InChI=1S/C66H43NO2/c1-65(2)55-23-10-7-18-49(55)51-34-32-44(38-59(51)65)67(43-30-26-42(27-31-43)46-21-13-22-54-53-20-9-12-25-61(53)68-62(46)54)45-33-35-52-50-19-8-11-24-56(50)66(60(52)39-45)57-36-28-40-14-3-5-16-47(40)63(57)69-64-48-17-6-4-15-41(48)29-37-58(64)66/h3-39H,1-2H3. The number of nitrogens with zero attached hydrogens (tertiary/aromatic N) is 1. The van der Waals surface area contributed by atoms with E-state index in [1.54, 1.807) is 0 Å². The molecule has 0 radical (unpaired) electrons. The van der Waals surface area contributed by atoms with Crippen LogP contribution in [-0.2, 0) is 10.8 Å². The van der Waals surface area contributed by atoms with Crippen molar-refractivity contribution in [3.05, 3.63) is 258 Å². The zero-order valence-electron chi connectivity index (χ0n) is 38.1. The molecule has 3 nitrogen and oxygen atoms in total. The average Bonchev–Trinajstić information content (AvgIpc) is 4.00. The topological polar surface area (TPSA) is 25.6 Å². The summed E-state index contributed by atoms with van der Waals surface area (Å²) in [6.45, 7) is 4.73. The Morgan fingerprint density at radius 3 is 1.55 bits per heavy atom. The molecule has 0 fully saturated rings. The number of furan rings is 1. The first kappa shape index (κ1) is 38.4. The molecule has 0 saturated carbocycles. The van der Waals surface area contributed by atoms with Gasteiger partial charge in [-0.25, -0.2) is 0 Å². The van der Waals surface area contributed by atoms with E-state index < -0.39 is 5.41 Å². The summed E-state index contributed by atoms with van der Waals surface area (Å²) >= 11 is 0. The van der Waals surface area contributed by atoms with Gasteiger partial charge in [0.15, 0.2) is 0 Å². The second kappa shape index (κ2) is 13.9.